The summed E-state index contributed by atoms with van der Waals surface area (Å²) in [5.41, 5.74) is 2.08. The smallest absolute Gasteiger partial charge is 0.134 e. The fraction of sp³-hybridized carbons (Fsp3) is 0.333. The number of furan rings is 1. The molecule has 15 heavy (non-hydrogen) atoms. The van der Waals surface area contributed by atoms with Crippen molar-refractivity contribution in [2.45, 2.75) is 20.4 Å². The normalized spacial score (nSPS) is 11.1. The van der Waals surface area contributed by atoms with Crippen LogP contribution < -0.4 is 5.32 Å². The summed E-state index contributed by atoms with van der Waals surface area (Å²) in [7, 11) is 0. The second kappa shape index (κ2) is 4.25. The van der Waals surface area contributed by atoms with Crippen molar-refractivity contribution in [1.82, 2.24) is 5.32 Å². The second-order valence-electron chi connectivity index (χ2n) is 3.57. The predicted molar refractivity (Wildman–Crippen MR) is 63.3 cm³/mol. The zero-order valence-electron chi connectivity index (χ0n) is 8.93. The lowest BCUT2D eigenvalue weighted by molar-refractivity contribution is 0.516. The first-order valence-corrected chi connectivity index (χ1v) is 5.48. The van der Waals surface area contributed by atoms with E-state index in [0.29, 0.717) is 0 Å². The number of benzene rings is 1. The van der Waals surface area contributed by atoms with Gasteiger partial charge >= 0.3 is 0 Å². The predicted octanol–water partition coefficient (Wildman–Crippen LogP) is 3.50. The third-order valence-electron chi connectivity index (χ3n) is 2.53. The van der Waals surface area contributed by atoms with Crippen LogP contribution in [0, 0.1) is 6.92 Å². The lowest BCUT2D eigenvalue weighted by atomic mass is 10.1. The Bertz CT molecular complexity index is 476. The van der Waals surface area contributed by atoms with Crippen molar-refractivity contribution in [3.8, 4) is 0 Å². The number of fused-ring (bicyclic) bond motifs is 1. The monoisotopic (exact) mass is 223 g/mol. The summed E-state index contributed by atoms with van der Waals surface area (Å²) in [6, 6.07) is 5.72. The van der Waals surface area contributed by atoms with Gasteiger partial charge in [-0.3, -0.25) is 0 Å². The maximum Gasteiger partial charge on any atom is 0.134 e. The molecule has 2 rings (SSSR count). The molecule has 0 aliphatic heterocycles. The zero-order valence-corrected chi connectivity index (χ0v) is 9.69. The highest BCUT2D eigenvalue weighted by Gasteiger charge is 2.09. The van der Waals surface area contributed by atoms with E-state index in [1.807, 2.05) is 18.2 Å². The summed E-state index contributed by atoms with van der Waals surface area (Å²) in [5.74, 6) is 0.995. The van der Waals surface area contributed by atoms with Gasteiger partial charge in [0.05, 0.1) is 6.54 Å². The van der Waals surface area contributed by atoms with Crippen molar-refractivity contribution in [3.05, 3.63) is 34.5 Å². The van der Waals surface area contributed by atoms with E-state index in [4.69, 9.17) is 16.0 Å². The highest BCUT2D eigenvalue weighted by atomic mass is 35.5. The third kappa shape index (κ3) is 2.01. The van der Waals surface area contributed by atoms with Gasteiger partial charge in [-0.05, 0) is 37.2 Å². The Morgan fingerprint density at radius 1 is 1.40 bits per heavy atom. The first-order chi connectivity index (χ1) is 7.22. The van der Waals surface area contributed by atoms with Crippen LogP contribution in [0.3, 0.4) is 0 Å². The van der Waals surface area contributed by atoms with Crippen LogP contribution in [0.1, 0.15) is 18.2 Å². The second-order valence-corrected chi connectivity index (χ2v) is 4.01. The Morgan fingerprint density at radius 2 is 2.20 bits per heavy atom. The van der Waals surface area contributed by atoms with Crippen LogP contribution in [-0.4, -0.2) is 6.54 Å². The lowest BCUT2D eigenvalue weighted by Gasteiger charge is -1.97. The van der Waals surface area contributed by atoms with Crippen molar-refractivity contribution in [2.24, 2.45) is 0 Å². The Balaban J connectivity index is 2.45. The van der Waals surface area contributed by atoms with E-state index < -0.39 is 0 Å². The molecule has 0 unspecified atom stereocenters. The summed E-state index contributed by atoms with van der Waals surface area (Å²) < 4.78 is 5.73. The topological polar surface area (TPSA) is 25.2 Å². The molecule has 3 heteroatoms. The number of aryl methyl sites for hydroxylation is 1. The van der Waals surface area contributed by atoms with Gasteiger partial charge in [0.1, 0.15) is 11.3 Å². The van der Waals surface area contributed by atoms with Crippen molar-refractivity contribution < 1.29 is 4.42 Å². The van der Waals surface area contributed by atoms with E-state index in [-0.39, 0.29) is 0 Å². The Morgan fingerprint density at radius 3 is 2.93 bits per heavy atom. The van der Waals surface area contributed by atoms with Gasteiger partial charge in [0.2, 0.25) is 0 Å². The first kappa shape index (κ1) is 10.5. The van der Waals surface area contributed by atoms with Crippen molar-refractivity contribution in [1.29, 1.82) is 0 Å². The van der Waals surface area contributed by atoms with Crippen LogP contribution in [0.2, 0.25) is 5.02 Å². The first-order valence-electron chi connectivity index (χ1n) is 5.10. The van der Waals surface area contributed by atoms with E-state index in [2.05, 4.69) is 19.2 Å². The van der Waals surface area contributed by atoms with E-state index in [1.165, 1.54) is 5.56 Å². The van der Waals surface area contributed by atoms with Crippen molar-refractivity contribution in [2.75, 3.05) is 6.54 Å². The molecule has 0 saturated heterocycles. The molecular formula is C12H14ClNO. The number of halogens is 1. The van der Waals surface area contributed by atoms with E-state index in [1.54, 1.807) is 0 Å². The molecule has 1 N–H and O–H groups in total. The van der Waals surface area contributed by atoms with Gasteiger partial charge in [0.25, 0.3) is 0 Å². The van der Waals surface area contributed by atoms with Gasteiger partial charge < -0.3 is 9.73 Å². The number of hydrogen-bond acceptors (Lipinski definition) is 2. The van der Waals surface area contributed by atoms with Crippen molar-refractivity contribution in [3.63, 3.8) is 0 Å². The minimum Gasteiger partial charge on any atom is -0.459 e. The third-order valence-corrected chi connectivity index (χ3v) is 2.77. The lowest BCUT2D eigenvalue weighted by Crippen LogP contribution is -2.11. The summed E-state index contributed by atoms with van der Waals surface area (Å²) in [5, 5.41) is 5.11. The van der Waals surface area contributed by atoms with E-state index in [9.17, 15) is 0 Å². The highest BCUT2D eigenvalue weighted by Crippen LogP contribution is 2.27. The minimum atomic E-state index is 0.751. The maximum atomic E-state index is 5.95. The summed E-state index contributed by atoms with van der Waals surface area (Å²) in [6.45, 7) is 5.86. The Labute approximate surface area is 94.2 Å². The van der Waals surface area contributed by atoms with Gasteiger partial charge in [-0.1, -0.05) is 18.5 Å². The molecule has 0 bridgehead atoms. The van der Waals surface area contributed by atoms with Crippen LogP contribution in [0.15, 0.2) is 22.6 Å². The number of nitrogens with one attached hydrogen (secondary N) is 1. The molecular weight excluding hydrogens is 210 g/mol. The van der Waals surface area contributed by atoms with E-state index in [0.717, 1.165) is 34.8 Å². The fourth-order valence-electron chi connectivity index (χ4n) is 1.65. The summed E-state index contributed by atoms with van der Waals surface area (Å²) >= 11 is 5.95. The van der Waals surface area contributed by atoms with Gasteiger partial charge in [-0.2, -0.15) is 0 Å². The van der Waals surface area contributed by atoms with Gasteiger partial charge in [0, 0.05) is 10.4 Å². The average Bonchev–Trinajstić information content (AvgIpc) is 2.53. The fourth-order valence-corrected chi connectivity index (χ4v) is 1.82. The minimum absolute atomic E-state index is 0.751. The molecule has 2 aromatic rings. The maximum absolute atomic E-state index is 5.95. The Hall–Kier alpha value is -0.990. The van der Waals surface area contributed by atoms with Crippen LogP contribution >= 0.6 is 11.6 Å². The van der Waals surface area contributed by atoms with Gasteiger partial charge in [-0.25, -0.2) is 0 Å². The molecule has 0 spiro atoms. The van der Waals surface area contributed by atoms with Crippen LogP contribution in [0.25, 0.3) is 11.0 Å². The largest absolute Gasteiger partial charge is 0.459 e. The van der Waals surface area contributed by atoms with Crippen LogP contribution in [-0.2, 0) is 6.54 Å². The number of hydrogen-bond donors (Lipinski definition) is 1. The average molecular weight is 224 g/mol. The molecule has 80 valence electrons. The molecule has 1 aromatic heterocycles. The Kier molecular flexibility index (Phi) is 2.98. The zero-order chi connectivity index (χ0) is 10.8. The molecule has 0 atom stereocenters. The SMILES string of the molecule is CCNCc1oc2ccc(Cl)cc2c1C. The number of rotatable bonds is 3. The molecule has 0 radical (unpaired) electrons. The highest BCUT2D eigenvalue weighted by molar-refractivity contribution is 6.31. The molecule has 1 aromatic carbocycles. The summed E-state index contributed by atoms with van der Waals surface area (Å²) in [4.78, 5) is 0. The molecule has 1 heterocycles. The molecule has 0 amide bonds. The summed E-state index contributed by atoms with van der Waals surface area (Å²) in [6.07, 6.45) is 0. The van der Waals surface area contributed by atoms with Gasteiger partial charge in [0.15, 0.2) is 0 Å². The van der Waals surface area contributed by atoms with E-state index >= 15 is 0 Å². The van der Waals surface area contributed by atoms with Gasteiger partial charge in [-0.15, -0.1) is 0 Å². The quantitative estimate of drug-likeness (QED) is 0.862. The molecule has 0 aliphatic carbocycles. The standard InChI is InChI=1S/C12H14ClNO/c1-3-14-7-12-8(2)10-6-9(13)4-5-11(10)15-12/h4-6,14H,3,7H2,1-2H3. The molecule has 0 saturated carbocycles. The van der Waals surface area contributed by atoms with Crippen molar-refractivity contribution >= 4 is 22.6 Å². The van der Waals surface area contributed by atoms with Crippen LogP contribution in [0.5, 0.6) is 0 Å². The molecule has 0 fully saturated rings. The molecule has 2 nitrogen and oxygen atoms in total. The van der Waals surface area contributed by atoms with Crippen LogP contribution in [0.4, 0.5) is 0 Å². The molecule has 0 aliphatic rings.